The fourth-order valence-electron chi connectivity index (χ4n) is 0.264. The molecule has 1 aliphatic rings. The summed E-state index contributed by atoms with van der Waals surface area (Å²) < 4.78 is 0. The zero-order valence-electron chi connectivity index (χ0n) is 3.20. The van der Waals surface area contributed by atoms with Gasteiger partial charge in [0, 0.05) is 29.4 Å². The van der Waals surface area contributed by atoms with Gasteiger partial charge in [-0.15, -0.1) is 11.8 Å². The number of nitrogens with zero attached hydrogens (tertiary/aromatic N) is 1. The maximum atomic E-state index is 3.92. The molecule has 6 heavy (non-hydrogen) atoms. The van der Waals surface area contributed by atoms with Crippen LogP contribution >= 0.6 is 11.8 Å². The second-order valence-electron chi connectivity index (χ2n) is 0.882. The predicted molar refractivity (Wildman–Crippen MR) is 25.8 cm³/mol. The SMILES string of the molecule is C1=NCCS1.[Fe]. The third-order valence-electron chi connectivity index (χ3n) is 0.487. The summed E-state index contributed by atoms with van der Waals surface area (Å²) in [4.78, 5) is 3.92. The molecule has 0 amide bonds. The van der Waals surface area contributed by atoms with E-state index in [2.05, 4.69) is 4.99 Å². The smallest absolute Gasteiger partial charge is 0.0542 e. The van der Waals surface area contributed by atoms with Crippen LogP contribution in [-0.4, -0.2) is 17.8 Å². The Morgan fingerprint density at radius 1 is 1.67 bits per heavy atom. The zero-order chi connectivity index (χ0) is 3.54. The Labute approximate surface area is 52.1 Å². The molecule has 0 fully saturated rings. The van der Waals surface area contributed by atoms with E-state index in [0.717, 1.165) is 6.54 Å². The number of aliphatic imine (C=N–C) groups is 1. The van der Waals surface area contributed by atoms with Gasteiger partial charge in [-0.25, -0.2) is 0 Å². The Hall–Kier alpha value is 0.539. The van der Waals surface area contributed by atoms with Gasteiger partial charge in [0.15, 0.2) is 0 Å². The van der Waals surface area contributed by atoms with E-state index in [1.165, 1.54) is 5.75 Å². The van der Waals surface area contributed by atoms with Crippen LogP contribution in [0.3, 0.4) is 0 Å². The molecule has 0 spiro atoms. The van der Waals surface area contributed by atoms with Crippen LogP contribution in [-0.2, 0) is 17.1 Å². The molecule has 0 saturated carbocycles. The first kappa shape index (κ1) is 6.54. The van der Waals surface area contributed by atoms with Crippen molar-refractivity contribution in [3.63, 3.8) is 0 Å². The monoisotopic (exact) mass is 143 g/mol. The van der Waals surface area contributed by atoms with Gasteiger partial charge in [-0.2, -0.15) is 0 Å². The number of hydrogen-bond donors (Lipinski definition) is 0. The van der Waals surface area contributed by atoms with E-state index in [0.29, 0.717) is 0 Å². The molecular weight excluding hydrogens is 138 g/mol. The molecule has 0 aromatic rings. The van der Waals surface area contributed by atoms with Crippen LogP contribution in [0.4, 0.5) is 0 Å². The van der Waals surface area contributed by atoms with Crippen LogP contribution in [0.15, 0.2) is 4.99 Å². The average Bonchev–Trinajstić information content (AvgIpc) is 1.76. The summed E-state index contributed by atoms with van der Waals surface area (Å²) in [5.41, 5.74) is 1.90. The van der Waals surface area contributed by atoms with E-state index in [4.69, 9.17) is 0 Å². The van der Waals surface area contributed by atoms with Gasteiger partial charge in [-0.05, 0) is 0 Å². The first-order valence-corrected chi connectivity index (χ1v) is 2.65. The van der Waals surface area contributed by atoms with Crippen molar-refractivity contribution in [2.24, 2.45) is 4.99 Å². The molecule has 1 aliphatic heterocycles. The van der Waals surface area contributed by atoms with Crippen LogP contribution in [0, 0.1) is 0 Å². The van der Waals surface area contributed by atoms with Gasteiger partial charge >= 0.3 is 0 Å². The Morgan fingerprint density at radius 3 is 2.67 bits per heavy atom. The second-order valence-corrected chi connectivity index (χ2v) is 1.83. The minimum absolute atomic E-state index is 0. The van der Waals surface area contributed by atoms with Gasteiger partial charge in [0.05, 0.1) is 5.55 Å². The molecule has 0 N–H and O–H groups in total. The van der Waals surface area contributed by atoms with Crippen molar-refractivity contribution < 1.29 is 17.1 Å². The average molecular weight is 143 g/mol. The van der Waals surface area contributed by atoms with Crippen molar-refractivity contribution >= 4 is 17.3 Å². The van der Waals surface area contributed by atoms with E-state index in [9.17, 15) is 0 Å². The van der Waals surface area contributed by atoms with Crippen LogP contribution in [0.25, 0.3) is 0 Å². The quantitative estimate of drug-likeness (QED) is 0.456. The number of rotatable bonds is 0. The maximum Gasteiger partial charge on any atom is 0.0542 e. The molecule has 36 valence electrons. The van der Waals surface area contributed by atoms with Crippen LogP contribution in [0.2, 0.25) is 0 Å². The molecular formula is C3H5FeNS. The van der Waals surface area contributed by atoms with Crippen LogP contribution < -0.4 is 0 Å². The molecule has 0 radical (unpaired) electrons. The summed E-state index contributed by atoms with van der Waals surface area (Å²) in [5.74, 6) is 1.19. The first-order valence-electron chi connectivity index (χ1n) is 1.60. The minimum atomic E-state index is 0. The number of hydrogen-bond acceptors (Lipinski definition) is 2. The minimum Gasteiger partial charge on any atom is -0.285 e. The largest absolute Gasteiger partial charge is 0.285 e. The second kappa shape index (κ2) is 3.72. The predicted octanol–water partition coefficient (Wildman–Crippen LogP) is 0.759. The molecule has 0 atom stereocenters. The normalized spacial score (nSPS) is 17.3. The third kappa shape index (κ3) is 1.85. The van der Waals surface area contributed by atoms with Crippen molar-refractivity contribution in [3.8, 4) is 0 Å². The Bertz CT molecular complexity index is 48.8. The van der Waals surface area contributed by atoms with Gasteiger partial charge in [0.25, 0.3) is 0 Å². The van der Waals surface area contributed by atoms with Crippen LogP contribution in [0.5, 0.6) is 0 Å². The fourth-order valence-corrected chi connectivity index (χ4v) is 0.791. The summed E-state index contributed by atoms with van der Waals surface area (Å²) >= 11 is 1.78. The molecule has 3 heteroatoms. The zero-order valence-corrected chi connectivity index (χ0v) is 5.12. The molecule has 0 saturated heterocycles. The van der Waals surface area contributed by atoms with Crippen molar-refractivity contribution in [2.75, 3.05) is 12.3 Å². The topological polar surface area (TPSA) is 12.4 Å². The van der Waals surface area contributed by atoms with Crippen molar-refractivity contribution in [1.29, 1.82) is 0 Å². The van der Waals surface area contributed by atoms with E-state index in [-0.39, 0.29) is 17.1 Å². The summed E-state index contributed by atoms with van der Waals surface area (Å²) in [6.45, 7) is 1.03. The van der Waals surface area contributed by atoms with Gasteiger partial charge < -0.3 is 0 Å². The van der Waals surface area contributed by atoms with Gasteiger partial charge in [0.1, 0.15) is 0 Å². The molecule has 0 aromatic heterocycles. The Balaban J connectivity index is 0.000000250. The molecule has 0 bridgehead atoms. The number of thioether (sulfide) groups is 1. The summed E-state index contributed by atoms with van der Waals surface area (Å²) in [5, 5.41) is 0. The molecule has 0 unspecified atom stereocenters. The molecule has 1 heterocycles. The summed E-state index contributed by atoms with van der Waals surface area (Å²) in [6.07, 6.45) is 0. The van der Waals surface area contributed by atoms with E-state index < -0.39 is 0 Å². The Kier molecular flexibility index (Phi) is 4.05. The summed E-state index contributed by atoms with van der Waals surface area (Å²) in [7, 11) is 0. The van der Waals surface area contributed by atoms with Crippen molar-refractivity contribution in [1.82, 2.24) is 0 Å². The van der Waals surface area contributed by atoms with E-state index in [1.807, 2.05) is 5.55 Å². The van der Waals surface area contributed by atoms with Gasteiger partial charge in [-0.1, -0.05) is 0 Å². The standard InChI is InChI=1S/C3H5NS.Fe/c1-2-5-3-4-1;/h3H,1-2H2;. The Morgan fingerprint density at radius 2 is 2.50 bits per heavy atom. The fraction of sp³-hybridized carbons (Fsp3) is 0.667. The maximum absolute atomic E-state index is 3.92. The summed E-state index contributed by atoms with van der Waals surface area (Å²) in [6, 6.07) is 0. The first-order chi connectivity index (χ1) is 2.50. The van der Waals surface area contributed by atoms with Crippen molar-refractivity contribution in [2.45, 2.75) is 0 Å². The van der Waals surface area contributed by atoms with E-state index in [1.54, 1.807) is 11.8 Å². The molecule has 0 aromatic carbocycles. The van der Waals surface area contributed by atoms with Gasteiger partial charge in [-0.3, -0.25) is 4.99 Å². The van der Waals surface area contributed by atoms with Gasteiger partial charge in [0.2, 0.25) is 0 Å². The third-order valence-corrected chi connectivity index (χ3v) is 1.20. The molecule has 0 aliphatic carbocycles. The van der Waals surface area contributed by atoms with Crippen LogP contribution in [0.1, 0.15) is 0 Å². The molecule has 1 rings (SSSR count). The molecule has 1 nitrogen and oxygen atoms in total. The van der Waals surface area contributed by atoms with Crippen molar-refractivity contribution in [3.05, 3.63) is 0 Å². The van der Waals surface area contributed by atoms with E-state index >= 15 is 0 Å².